The summed E-state index contributed by atoms with van der Waals surface area (Å²) in [5.41, 5.74) is 0. The van der Waals surface area contributed by atoms with Crippen LogP contribution in [0.5, 0.6) is 5.75 Å². The van der Waals surface area contributed by atoms with Gasteiger partial charge in [0.2, 0.25) is 0 Å². The van der Waals surface area contributed by atoms with Gasteiger partial charge in [-0.2, -0.15) is 0 Å². The maximum Gasteiger partial charge on any atom is 0.307 e. The topological polar surface area (TPSA) is 55.8 Å². The number of fused-ring (bicyclic) bond motifs is 2. The summed E-state index contributed by atoms with van der Waals surface area (Å²) in [7, 11) is 0. The minimum Gasteiger partial charge on any atom is -0.494 e. The lowest BCUT2D eigenvalue weighted by atomic mass is 9.76. The van der Waals surface area contributed by atoms with Crippen LogP contribution >= 0.6 is 0 Å². The molecule has 25 heavy (non-hydrogen) atoms. The van der Waals surface area contributed by atoms with Crippen LogP contribution in [0.1, 0.15) is 32.1 Å². The number of carbonyl (C=O) groups is 1. The van der Waals surface area contributed by atoms with Gasteiger partial charge in [-0.25, -0.2) is 0 Å². The fourth-order valence-corrected chi connectivity index (χ4v) is 3.99. The molecular weight excluding hydrogens is 316 g/mol. The predicted molar refractivity (Wildman–Crippen MR) is 96.6 cm³/mol. The average molecular weight is 342 g/mol. The van der Waals surface area contributed by atoms with Gasteiger partial charge in [0.1, 0.15) is 5.75 Å². The predicted octanol–water partition coefficient (Wildman–Crippen LogP) is 4.23. The second-order valence-corrected chi connectivity index (χ2v) is 6.76. The summed E-state index contributed by atoms with van der Waals surface area (Å²) in [5.74, 6) is 1.22. The number of aliphatic carboxylic acids is 1. The molecule has 0 radical (unpaired) electrons. The van der Waals surface area contributed by atoms with E-state index in [-0.39, 0.29) is 6.42 Å². The van der Waals surface area contributed by atoms with Crippen molar-refractivity contribution in [3.05, 3.63) is 54.6 Å². The van der Waals surface area contributed by atoms with Crippen LogP contribution in [0.25, 0.3) is 0 Å². The van der Waals surface area contributed by atoms with Crippen molar-refractivity contribution in [3.63, 3.8) is 0 Å². The third-order valence-corrected chi connectivity index (χ3v) is 5.14. The van der Waals surface area contributed by atoms with Gasteiger partial charge >= 0.3 is 5.97 Å². The summed E-state index contributed by atoms with van der Waals surface area (Å²) in [6.45, 7) is 0.722. The van der Waals surface area contributed by atoms with E-state index in [0.29, 0.717) is 24.0 Å². The van der Waals surface area contributed by atoms with E-state index in [1.165, 1.54) is 6.42 Å². The second kappa shape index (κ2) is 8.86. The lowest BCUT2D eigenvalue weighted by molar-refractivity contribution is -0.136. The number of para-hydroxylation sites is 1. The van der Waals surface area contributed by atoms with Crippen molar-refractivity contribution >= 4 is 5.97 Å². The summed E-state index contributed by atoms with van der Waals surface area (Å²) in [4.78, 5) is 10.5. The molecule has 2 bridgehead atoms. The highest BCUT2D eigenvalue weighted by molar-refractivity contribution is 5.68. The lowest BCUT2D eigenvalue weighted by Gasteiger charge is -2.27. The van der Waals surface area contributed by atoms with E-state index in [9.17, 15) is 4.79 Å². The Labute approximate surface area is 149 Å². The quantitative estimate of drug-likeness (QED) is 0.683. The molecule has 0 saturated carbocycles. The second-order valence-electron chi connectivity index (χ2n) is 6.76. The molecular formula is C21H26O4. The monoisotopic (exact) mass is 342 g/mol. The molecule has 1 N–H and O–H groups in total. The summed E-state index contributed by atoms with van der Waals surface area (Å²) in [5, 5.41) is 8.61. The number of carboxylic acids is 1. The molecule has 0 amide bonds. The number of rotatable bonds is 9. The normalized spacial score (nSPS) is 28.2. The van der Waals surface area contributed by atoms with Crippen LogP contribution in [-0.2, 0) is 9.53 Å². The molecule has 2 saturated heterocycles. The number of hydrogen-bond acceptors (Lipinski definition) is 3. The zero-order valence-electron chi connectivity index (χ0n) is 14.4. The van der Waals surface area contributed by atoms with Crippen LogP contribution in [0, 0.1) is 11.8 Å². The van der Waals surface area contributed by atoms with Crippen molar-refractivity contribution < 1.29 is 19.4 Å². The summed E-state index contributed by atoms with van der Waals surface area (Å²) < 4.78 is 12.0. The Balaban J connectivity index is 1.47. The van der Waals surface area contributed by atoms with Crippen LogP contribution in [-0.4, -0.2) is 29.9 Å². The minimum atomic E-state index is -0.801. The van der Waals surface area contributed by atoms with Gasteiger partial charge in [-0.1, -0.05) is 42.5 Å². The molecule has 0 aliphatic carbocycles. The van der Waals surface area contributed by atoms with E-state index in [1.54, 1.807) is 6.08 Å². The fourth-order valence-electron chi connectivity index (χ4n) is 3.99. The van der Waals surface area contributed by atoms with E-state index in [2.05, 4.69) is 6.08 Å². The zero-order valence-corrected chi connectivity index (χ0v) is 14.4. The number of benzene rings is 1. The molecule has 0 spiro atoms. The van der Waals surface area contributed by atoms with Crippen molar-refractivity contribution in [3.8, 4) is 5.75 Å². The Kier molecular flexibility index (Phi) is 6.29. The van der Waals surface area contributed by atoms with E-state index in [0.717, 1.165) is 31.6 Å². The van der Waals surface area contributed by atoms with Crippen molar-refractivity contribution in [1.29, 1.82) is 0 Å². The first-order valence-electron chi connectivity index (χ1n) is 9.11. The molecule has 3 rings (SSSR count). The maximum atomic E-state index is 10.5. The van der Waals surface area contributed by atoms with E-state index in [1.807, 2.05) is 42.5 Å². The van der Waals surface area contributed by atoms with Crippen molar-refractivity contribution in [2.45, 2.75) is 44.3 Å². The first kappa shape index (κ1) is 17.7. The average Bonchev–Trinajstić information content (AvgIpc) is 3.21. The summed E-state index contributed by atoms with van der Waals surface area (Å²) in [6.07, 6.45) is 12.7. The van der Waals surface area contributed by atoms with Crippen molar-refractivity contribution in [2.75, 3.05) is 6.61 Å². The van der Waals surface area contributed by atoms with Gasteiger partial charge in [0, 0.05) is 0 Å². The van der Waals surface area contributed by atoms with E-state index < -0.39 is 5.97 Å². The molecule has 1 aromatic rings. The SMILES string of the molecule is O=C(O)CC=C/C=C\C[C@H]1[C@@H](CCOc2ccccc2)[C@H]2CC[C@@H]1O2. The van der Waals surface area contributed by atoms with E-state index >= 15 is 0 Å². The highest BCUT2D eigenvalue weighted by Crippen LogP contribution is 2.46. The molecule has 0 aromatic heterocycles. The Morgan fingerprint density at radius 2 is 1.84 bits per heavy atom. The number of ether oxygens (including phenoxy) is 2. The van der Waals surface area contributed by atoms with E-state index in [4.69, 9.17) is 14.6 Å². The zero-order chi connectivity index (χ0) is 17.5. The van der Waals surface area contributed by atoms with Crippen LogP contribution in [0.2, 0.25) is 0 Å². The Morgan fingerprint density at radius 1 is 1.12 bits per heavy atom. The Hall–Kier alpha value is -2.07. The third kappa shape index (κ3) is 4.95. The summed E-state index contributed by atoms with van der Waals surface area (Å²) in [6, 6.07) is 9.94. The number of allylic oxidation sites excluding steroid dienone is 3. The van der Waals surface area contributed by atoms with Gasteiger partial charge in [-0.3, -0.25) is 4.79 Å². The van der Waals surface area contributed by atoms with Gasteiger partial charge < -0.3 is 14.6 Å². The highest BCUT2D eigenvalue weighted by Gasteiger charge is 2.47. The first-order valence-corrected chi connectivity index (χ1v) is 9.11. The van der Waals surface area contributed by atoms with Crippen LogP contribution in [0.15, 0.2) is 54.6 Å². The van der Waals surface area contributed by atoms with Gasteiger partial charge in [-0.05, 0) is 49.7 Å². The lowest BCUT2D eigenvalue weighted by Crippen LogP contribution is -2.28. The van der Waals surface area contributed by atoms with Gasteiger partial charge in [0.15, 0.2) is 0 Å². The summed E-state index contributed by atoms with van der Waals surface area (Å²) >= 11 is 0. The van der Waals surface area contributed by atoms with Crippen molar-refractivity contribution in [2.24, 2.45) is 11.8 Å². The molecule has 4 nitrogen and oxygen atoms in total. The Bertz CT molecular complexity index is 608. The minimum absolute atomic E-state index is 0.0705. The maximum absolute atomic E-state index is 10.5. The molecule has 2 heterocycles. The standard InChI is InChI=1S/C21H26O4/c22-21(23)11-7-2-1-6-10-17-18(20-13-12-19(17)25-20)14-15-24-16-8-4-3-5-9-16/h1-9,17-20H,10-15H2,(H,22,23)/b6-1-,7-2?/t17-,18+,19-,20+/m0/s1. The van der Waals surface area contributed by atoms with Crippen LogP contribution in [0.3, 0.4) is 0 Å². The molecule has 4 heteroatoms. The first-order chi connectivity index (χ1) is 12.2. The molecule has 134 valence electrons. The van der Waals surface area contributed by atoms with Gasteiger partial charge in [0.05, 0.1) is 25.2 Å². The molecule has 2 aliphatic heterocycles. The fraction of sp³-hybridized carbons (Fsp3) is 0.476. The molecule has 2 aliphatic rings. The van der Waals surface area contributed by atoms with Gasteiger partial charge in [0.25, 0.3) is 0 Å². The largest absolute Gasteiger partial charge is 0.494 e. The van der Waals surface area contributed by atoms with Crippen LogP contribution in [0.4, 0.5) is 0 Å². The molecule has 0 unspecified atom stereocenters. The highest BCUT2D eigenvalue weighted by atomic mass is 16.5. The molecule has 2 fully saturated rings. The number of hydrogen-bond donors (Lipinski definition) is 1. The number of carboxylic acid groups (broad SMARTS) is 1. The van der Waals surface area contributed by atoms with Crippen molar-refractivity contribution in [1.82, 2.24) is 0 Å². The smallest absolute Gasteiger partial charge is 0.307 e. The molecule has 1 aromatic carbocycles. The molecule has 4 atom stereocenters. The Morgan fingerprint density at radius 3 is 2.60 bits per heavy atom. The van der Waals surface area contributed by atoms with Crippen LogP contribution < -0.4 is 4.74 Å². The third-order valence-electron chi connectivity index (χ3n) is 5.14. The van der Waals surface area contributed by atoms with Gasteiger partial charge in [-0.15, -0.1) is 0 Å².